The Morgan fingerprint density at radius 1 is 1.60 bits per heavy atom. The third-order valence-electron chi connectivity index (χ3n) is 1.36. The number of anilines is 1. The summed E-state index contributed by atoms with van der Waals surface area (Å²) in [6.07, 6.45) is 0. The molecule has 1 aromatic heterocycles. The largest absolute Gasteiger partial charge is 0.464 e. The normalized spacial score (nSPS) is 11.5. The van der Waals surface area contributed by atoms with E-state index in [0.717, 1.165) is 7.11 Å². The van der Waals surface area contributed by atoms with E-state index in [1.165, 1.54) is 0 Å². The maximum atomic E-state index is 12.1. The summed E-state index contributed by atoms with van der Waals surface area (Å²) in [6.45, 7) is 0. The molecule has 3 N–H and O–H groups in total. The Morgan fingerprint density at radius 3 is 2.67 bits per heavy atom. The van der Waals surface area contributed by atoms with Gasteiger partial charge in [-0.1, -0.05) is 0 Å². The zero-order chi connectivity index (χ0) is 11.6. The number of nitrogens with two attached hydrogens (primary N) is 1. The highest BCUT2D eigenvalue weighted by atomic mass is 32.2. The van der Waals surface area contributed by atoms with Crippen molar-refractivity contribution in [3.63, 3.8) is 0 Å². The van der Waals surface area contributed by atoms with Crippen LogP contribution < -0.4 is 5.73 Å². The van der Waals surface area contributed by atoms with Gasteiger partial charge >= 0.3 is 11.5 Å². The Hall–Kier alpha value is -1.38. The minimum Gasteiger partial charge on any atom is -0.464 e. The lowest BCUT2D eigenvalue weighted by molar-refractivity contribution is -0.0328. The summed E-state index contributed by atoms with van der Waals surface area (Å²) in [6, 6.07) is 0. The molecule has 0 radical (unpaired) electrons. The molecular weight excluding hydrogens is 235 g/mol. The highest BCUT2D eigenvalue weighted by molar-refractivity contribution is 8.00. The van der Waals surface area contributed by atoms with E-state index in [1.807, 2.05) is 0 Å². The predicted molar refractivity (Wildman–Crippen MR) is 46.3 cm³/mol. The van der Waals surface area contributed by atoms with E-state index in [2.05, 4.69) is 14.9 Å². The minimum atomic E-state index is -4.54. The van der Waals surface area contributed by atoms with Gasteiger partial charge < -0.3 is 10.5 Å². The lowest BCUT2D eigenvalue weighted by atomic mass is 10.4. The van der Waals surface area contributed by atoms with Gasteiger partial charge in [-0.2, -0.15) is 18.3 Å². The van der Waals surface area contributed by atoms with Crippen molar-refractivity contribution in [2.75, 3.05) is 12.8 Å². The summed E-state index contributed by atoms with van der Waals surface area (Å²) in [5.41, 5.74) is 0.224. The number of H-pyrrole nitrogens is 1. The van der Waals surface area contributed by atoms with E-state index in [4.69, 9.17) is 5.73 Å². The Morgan fingerprint density at radius 2 is 2.20 bits per heavy atom. The molecule has 0 aromatic carbocycles. The summed E-state index contributed by atoms with van der Waals surface area (Å²) in [4.78, 5) is 10.5. The van der Waals surface area contributed by atoms with Crippen molar-refractivity contribution in [3.05, 3.63) is 5.69 Å². The molecule has 1 aromatic rings. The molecule has 0 fully saturated rings. The number of rotatable bonds is 2. The highest BCUT2D eigenvalue weighted by Crippen LogP contribution is 2.40. The summed E-state index contributed by atoms with van der Waals surface area (Å²) < 4.78 is 40.4. The molecule has 0 atom stereocenters. The number of nitrogens with one attached hydrogen (secondary N) is 1. The molecule has 84 valence electrons. The van der Waals surface area contributed by atoms with Crippen LogP contribution in [0.5, 0.6) is 0 Å². The molecule has 1 heterocycles. The van der Waals surface area contributed by atoms with Crippen LogP contribution >= 0.6 is 11.8 Å². The van der Waals surface area contributed by atoms with Gasteiger partial charge in [-0.3, -0.25) is 5.10 Å². The Labute approximate surface area is 86.2 Å². The SMILES string of the molecule is COC(=O)c1[nH]nc(N)c1SC(F)(F)F. The number of methoxy groups -OCH3 is 1. The molecule has 0 aliphatic carbocycles. The van der Waals surface area contributed by atoms with Crippen LogP contribution in [0.2, 0.25) is 0 Å². The molecule has 1 rings (SSSR count). The number of hydrogen-bond donors (Lipinski definition) is 2. The van der Waals surface area contributed by atoms with Gasteiger partial charge in [-0.15, -0.1) is 0 Å². The van der Waals surface area contributed by atoms with Crippen LogP contribution in [0, 0.1) is 0 Å². The average Bonchev–Trinajstić information content (AvgIpc) is 2.45. The molecule has 0 amide bonds. The standard InChI is InChI=1S/C6H6F3N3O2S/c1-14-5(13)2-3(4(10)12-11-2)15-6(7,8)9/h1H3,(H3,10,11,12). The van der Waals surface area contributed by atoms with Crippen molar-refractivity contribution in [2.24, 2.45) is 0 Å². The first-order chi connectivity index (χ1) is 6.85. The average molecular weight is 241 g/mol. The van der Waals surface area contributed by atoms with Crippen LogP contribution in [0.1, 0.15) is 10.5 Å². The predicted octanol–water partition coefficient (Wildman–Crippen LogP) is 1.39. The van der Waals surface area contributed by atoms with Gasteiger partial charge in [0.25, 0.3) is 0 Å². The number of carbonyl (C=O) groups is 1. The zero-order valence-electron chi connectivity index (χ0n) is 7.38. The molecule has 0 bridgehead atoms. The first kappa shape index (κ1) is 11.7. The van der Waals surface area contributed by atoms with E-state index in [-0.39, 0.29) is 0 Å². The summed E-state index contributed by atoms with van der Waals surface area (Å²) in [7, 11) is 1.04. The number of carbonyl (C=O) groups excluding carboxylic acids is 1. The summed E-state index contributed by atoms with van der Waals surface area (Å²) in [5.74, 6) is -1.34. The number of aromatic amines is 1. The fourth-order valence-electron chi connectivity index (χ4n) is 0.805. The van der Waals surface area contributed by atoms with Crippen molar-refractivity contribution in [3.8, 4) is 0 Å². The number of thioether (sulfide) groups is 1. The van der Waals surface area contributed by atoms with Gasteiger partial charge in [0.1, 0.15) is 0 Å². The van der Waals surface area contributed by atoms with Gasteiger partial charge in [0, 0.05) is 0 Å². The molecule has 0 aliphatic rings. The number of esters is 1. The van der Waals surface area contributed by atoms with Crippen LogP contribution in [-0.4, -0.2) is 28.8 Å². The van der Waals surface area contributed by atoms with Gasteiger partial charge in [0.05, 0.1) is 12.0 Å². The number of aromatic nitrogens is 2. The number of ether oxygens (including phenoxy) is 1. The lowest BCUT2D eigenvalue weighted by Gasteiger charge is -2.05. The number of nitrogen functional groups attached to an aromatic ring is 1. The third-order valence-corrected chi connectivity index (χ3v) is 2.20. The Kier molecular flexibility index (Phi) is 3.12. The highest BCUT2D eigenvalue weighted by Gasteiger charge is 2.34. The monoisotopic (exact) mass is 241 g/mol. The molecule has 0 saturated carbocycles. The minimum absolute atomic E-state index is 0.391. The van der Waals surface area contributed by atoms with Crippen LogP contribution in [0.25, 0.3) is 0 Å². The van der Waals surface area contributed by atoms with Gasteiger partial charge in [-0.25, -0.2) is 4.79 Å². The number of alkyl halides is 3. The Balaban J connectivity index is 3.05. The van der Waals surface area contributed by atoms with Crippen molar-refractivity contribution in [1.82, 2.24) is 10.2 Å². The first-order valence-corrected chi connectivity index (χ1v) is 4.34. The number of hydrogen-bond acceptors (Lipinski definition) is 5. The molecule has 5 nitrogen and oxygen atoms in total. The van der Waals surface area contributed by atoms with Crippen molar-refractivity contribution in [1.29, 1.82) is 0 Å². The summed E-state index contributed by atoms with van der Waals surface area (Å²) >= 11 is -0.515. The molecule has 9 heteroatoms. The van der Waals surface area contributed by atoms with Crippen LogP contribution in [-0.2, 0) is 4.74 Å². The van der Waals surface area contributed by atoms with E-state index in [1.54, 1.807) is 0 Å². The van der Waals surface area contributed by atoms with Crippen LogP contribution in [0.3, 0.4) is 0 Å². The fraction of sp³-hybridized carbons (Fsp3) is 0.333. The smallest absolute Gasteiger partial charge is 0.446 e. The van der Waals surface area contributed by atoms with Crippen molar-refractivity contribution < 1.29 is 22.7 Å². The number of halogens is 3. The van der Waals surface area contributed by atoms with Gasteiger partial charge in [0.2, 0.25) is 0 Å². The Bertz CT molecular complexity index is 376. The van der Waals surface area contributed by atoms with Gasteiger partial charge in [0.15, 0.2) is 11.5 Å². The first-order valence-electron chi connectivity index (χ1n) is 3.53. The van der Waals surface area contributed by atoms with E-state index >= 15 is 0 Å². The zero-order valence-corrected chi connectivity index (χ0v) is 8.20. The van der Waals surface area contributed by atoms with Gasteiger partial charge in [-0.05, 0) is 11.8 Å². The molecule has 0 spiro atoms. The second-order valence-corrected chi connectivity index (χ2v) is 3.43. The second kappa shape index (κ2) is 4.01. The fourth-order valence-corrected chi connectivity index (χ4v) is 1.42. The maximum Gasteiger partial charge on any atom is 0.446 e. The molecule has 0 aliphatic heterocycles. The second-order valence-electron chi connectivity index (χ2n) is 2.35. The van der Waals surface area contributed by atoms with Crippen molar-refractivity contribution in [2.45, 2.75) is 10.4 Å². The molecular formula is C6H6F3N3O2S. The van der Waals surface area contributed by atoms with E-state index < -0.39 is 39.6 Å². The van der Waals surface area contributed by atoms with Crippen LogP contribution in [0.4, 0.5) is 19.0 Å². The van der Waals surface area contributed by atoms with Crippen LogP contribution in [0.15, 0.2) is 4.90 Å². The molecule has 0 saturated heterocycles. The van der Waals surface area contributed by atoms with Crippen molar-refractivity contribution >= 4 is 23.5 Å². The summed E-state index contributed by atoms with van der Waals surface area (Å²) in [5, 5.41) is 5.38. The quantitative estimate of drug-likeness (QED) is 0.604. The van der Waals surface area contributed by atoms with E-state index in [9.17, 15) is 18.0 Å². The number of nitrogens with zero attached hydrogens (tertiary/aromatic N) is 1. The lowest BCUT2D eigenvalue weighted by Crippen LogP contribution is -2.07. The maximum absolute atomic E-state index is 12.1. The third kappa shape index (κ3) is 2.78. The topological polar surface area (TPSA) is 81.0 Å². The van der Waals surface area contributed by atoms with E-state index in [0.29, 0.717) is 0 Å². The molecule has 15 heavy (non-hydrogen) atoms. The molecule has 0 unspecified atom stereocenters.